The van der Waals surface area contributed by atoms with E-state index >= 15 is 0 Å². The molecule has 7 heteroatoms. The predicted molar refractivity (Wildman–Crippen MR) is 162 cm³/mol. The van der Waals surface area contributed by atoms with Crippen LogP contribution in [0.25, 0.3) is 0 Å². The summed E-state index contributed by atoms with van der Waals surface area (Å²) in [5, 5.41) is 0. The summed E-state index contributed by atoms with van der Waals surface area (Å²) >= 11 is 0. The number of ether oxygens (including phenoxy) is 2. The lowest BCUT2D eigenvalue weighted by Crippen LogP contribution is -2.36. The van der Waals surface area contributed by atoms with E-state index < -0.39 is 0 Å². The van der Waals surface area contributed by atoms with E-state index in [0.717, 1.165) is 63.1 Å². The number of carbonyl (C=O) groups is 2. The summed E-state index contributed by atoms with van der Waals surface area (Å²) in [6.07, 6.45) is 10.9. The van der Waals surface area contributed by atoms with Gasteiger partial charge in [-0.25, -0.2) is 0 Å². The van der Waals surface area contributed by atoms with Crippen molar-refractivity contribution in [3.63, 3.8) is 0 Å². The van der Waals surface area contributed by atoms with Crippen LogP contribution in [0.5, 0.6) is 11.5 Å². The van der Waals surface area contributed by atoms with E-state index in [2.05, 4.69) is 63.6 Å². The highest BCUT2D eigenvalue weighted by Gasteiger charge is 2.38. The number of aryl methyl sites for hydroxylation is 1. The van der Waals surface area contributed by atoms with Crippen molar-refractivity contribution in [1.82, 2.24) is 14.7 Å². The van der Waals surface area contributed by atoms with Crippen molar-refractivity contribution >= 4 is 12.2 Å². The standard InChI is InChI=1S/C24H34N2O4.C9H21N/c1-4-5-17-10-18(12-21-23(17)30-16-29-21)19-11-20(25(14-19)8-9-27)6-7-26-15-24(2,3)13-22(26)28;1-4-6-8-10(3)9-7-5-2/h9-10,12,19-20H,4-8,11,13-16H2,1-3H3;4-9H2,1-3H3/t19?,20-;/m0./s1. The van der Waals surface area contributed by atoms with Crippen LogP contribution in [-0.2, 0) is 16.0 Å². The maximum Gasteiger partial charge on any atom is 0.231 e. The van der Waals surface area contributed by atoms with E-state index in [1.54, 1.807) is 0 Å². The summed E-state index contributed by atoms with van der Waals surface area (Å²) in [4.78, 5) is 30.3. The summed E-state index contributed by atoms with van der Waals surface area (Å²) in [5.74, 6) is 2.38. The molecule has 2 fully saturated rings. The third kappa shape index (κ3) is 9.20. The molecule has 0 bridgehead atoms. The molecule has 0 aromatic heterocycles. The molecule has 0 N–H and O–H groups in total. The molecule has 0 radical (unpaired) electrons. The quantitative estimate of drug-likeness (QED) is 0.266. The van der Waals surface area contributed by atoms with Crippen LogP contribution >= 0.6 is 0 Å². The van der Waals surface area contributed by atoms with Crippen LogP contribution in [0.2, 0.25) is 0 Å². The second kappa shape index (κ2) is 15.8. The lowest BCUT2D eigenvalue weighted by Gasteiger charge is -2.25. The molecule has 226 valence electrons. The van der Waals surface area contributed by atoms with Gasteiger partial charge >= 0.3 is 0 Å². The molecule has 0 aliphatic carbocycles. The molecule has 1 aromatic carbocycles. The van der Waals surface area contributed by atoms with Crippen LogP contribution in [0.15, 0.2) is 12.1 Å². The molecule has 1 amide bonds. The Labute approximate surface area is 243 Å². The monoisotopic (exact) mass is 557 g/mol. The zero-order valence-corrected chi connectivity index (χ0v) is 26.2. The van der Waals surface area contributed by atoms with Crippen LogP contribution in [0.1, 0.15) is 103 Å². The first-order chi connectivity index (χ1) is 19.2. The number of nitrogens with zero attached hydrogens (tertiary/aromatic N) is 3. The number of aldehydes is 1. The third-order valence-electron chi connectivity index (χ3n) is 8.52. The molecule has 40 heavy (non-hydrogen) atoms. The zero-order valence-electron chi connectivity index (χ0n) is 26.2. The van der Waals surface area contributed by atoms with Gasteiger partial charge < -0.3 is 24.1 Å². The van der Waals surface area contributed by atoms with Gasteiger partial charge in [0.2, 0.25) is 12.7 Å². The fourth-order valence-corrected chi connectivity index (χ4v) is 6.30. The van der Waals surface area contributed by atoms with Crippen molar-refractivity contribution in [1.29, 1.82) is 0 Å². The Bertz CT molecular complexity index is 942. The number of carbonyl (C=O) groups excluding carboxylic acids is 2. The van der Waals surface area contributed by atoms with Crippen molar-refractivity contribution in [3.05, 3.63) is 23.3 Å². The van der Waals surface area contributed by atoms with Gasteiger partial charge in [0.15, 0.2) is 11.5 Å². The normalized spacial score (nSPS) is 21.7. The number of hydrogen-bond acceptors (Lipinski definition) is 6. The number of amides is 1. The SMILES string of the molecule is CCCCN(C)CCCC.CCCc1cc(C2C[C@H](CCN3CC(C)(C)CC3=O)N(CC=O)C2)cc2c1OCO2. The Kier molecular flexibility index (Phi) is 12.8. The smallest absolute Gasteiger partial charge is 0.231 e. The summed E-state index contributed by atoms with van der Waals surface area (Å²) < 4.78 is 11.4. The molecule has 0 spiro atoms. The Balaban J connectivity index is 0.000000378. The minimum Gasteiger partial charge on any atom is -0.454 e. The fourth-order valence-electron chi connectivity index (χ4n) is 6.30. The first-order valence-corrected chi connectivity index (χ1v) is 15.8. The van der Waals surface area contributed by atoms with Gasteiger partial charge in [-0.1, -0.05) is 59.9 Å². The van der Waals surface area contributed by atoms with Crippen molar-refractivity contribution in [3.8, 4) is 11.5 Å². The van der Waals surface area contributed by atoms with Crippen LogP contribution in [-0.4, -0.2) is 86.0 Å². The number of likely N-dealkylation sites (tertiary alicyclic amines) is 2. The van der Waals surface area contributed by atoms with Gasteiger partial charge in [0, 0.05) is 32.1 Å². The number of benzene rings is 1. The van der Waals surface area contributed by atoms with Crippen molar-refractivity contribution in [2.45, 2.75) is 104 Å². The molecular formula is C33H55N3O4. The Morgan fingerprint density at radius 3 is 2.40 bits per heavy atom. The highest BCUT2D eigenvalue weighted by molar-refractivity contribution is 5.79. The van der Waals surface area contributed by atoms with Crippen LogP contribution in [0, 0.1) is 5.41 Å². The van der Waals surface area contributed by atoms with Crippen LogP contribution in [0.3, 0.4) is 0 Å². The van der Waals surface area contributed by atoms with Crippen LogP contribution in [0.4, 0.5) is 0 Å². The highest BCUT2D eigenvalue weighted by Crippen LogP contribution is 2.42. The van der Waals surface area contributed by atoms with Gasteiger partial charge in [-0.3, -0.25) is 9.69 Å². The number of hydrogen-bond donors (Lipinski definition) is 0. The van der Waals surface area contributed by atoms with E-state index in [0.29, 0.717) is 31.7 Å². The van der Waals surface area contributed by atoms with Crippen molar-refractivity contribution < 1.29 is 19.1 Å². The van der Waals surface area contributed by atoms with E-state index in [9.17, 15) is 9.59 Å². The molecule has 2 saturated heterocycles. The van der Waals surface area contributed by atoms with Gasteiger partial charge in [-0.2, -0.15) is 0 Å². The molecule has 3 aliphatic rings. The Hall–Kier alpha value is -2.12. The van der Waals surface area contributed by atoms with E-state index in [-0.39, 0.29) is 11.3 Å². The molecule has 1 aromatic rings. The summed E-state index contributed by atoms with van der Waals surface area (Å²) in [5.41, 5.74) is 2.57. The lowest BCUT2D eigenvalue weighted by atomic mass is 9.92. The van der Waals surface area contributed by atoms with Gasteiger partial charge in [0.1, 0.15) is 6.29 Å². The molecule has 7 nitrogen and oxygen atoms in total. The van der Waals surface area contributed by atoms with Gasteiger partial charge in [0.25, 0.3) is 0 Å². The molecule has 1 unspecified atom stereocenters. The highest BCUT2D eigenvalue weighted by atomic mass is 16.7. The second-order valence-corrected chi connectivity index (χ2v) is 12.8. The Morgan fingerprint density at radius 2 is 1.80 bits per heavy atom. The Morgan fingerprint density at radius 1 is 1.07 bits per heavy atom. The van der Waals surface area contributed by atoms with Gasteiger partial charge in [-0.15, -0.1) is 0 Å². The fraction of sp³-hybridized carbons (Fsp3) is 0.758. The lowest BCUT2D eigenvalue weighted by molar-refractivity contribution is -0.128. The molecule has 0 saturated carbocycles. The minimum atomic E-state index is 0.0694. The third-order valence-corrected chi connectivity index (χ3v) is 8.52. The summed E-state index contributed by atoms with van der Waals surface area (Å²) in [6, 6.07) is 4.72. The zero-order chi connectivity index (χ0) is 29.1. The minimum absolute atomic E-state index is 0.0694. The van der Waals surface area contributed by atoms with E-state index in [1.807, 2.05) is 4.90 Å². The molecule has 3 aliphatic heterocycles. The summed E-state index contributed by atoms with van der Waals surface area (Å²) in [7, 11) is 2.21. The average Bonchev–Trinajstić information content (AvgIpc) is 3.62. The largest absolute Gasteiger partial charge is 0.454 e. The average molecular weight is 558 g/mol. The molecule has 4 rings (SSSR count). The van der Waals surface area contributed by atoms with Crippen molar-refractivity contribution in [2.24, 2.45) is 5.41 Å². The van der Waals surface area contributed by atoms with Crippen molar-refractivity contribution in [2.75, 3.05) is 53.1 Å². The van der Waals surface area contributed by atoms with E-state index in [4.69, 9.17) is 9.47 Å². The number of rotatable bonds is 14. The van der Waals surface area contributed by atoms with E-state index in [1.165, 1.54) is 49.9 Å². The van der Waals surface area contributed by atoms with Gasteiger partial charge in [0.05, 0.1) is 6.54 Å². The maximum atomic E-state index is 12.3. The maximum absolute atomic E-state index is 12.3. The second-order valence-electron chi connectivity index (χ2n) is 12.8. The first-order valence-electron chi connectivity index (χ1n) is 15.8. The first kappa shape index (κ1) is 32.4. The number of unbranched alkanes of at least 4 members (excludes halogenated alkanes) is 2. The molecule has 2 atom stereocenters. The van der Waals surface area contributed by atoms with Crippen LogP contribution < -0.4 is 9.47 Å². The molecular weight excluding hydrogens is 502 g/mol. The predicted octanol–water partition coefficient (Wildman–Crippen LogP) is 5.89. The number of fused-ring (bicyclic) bond motifs is 1. The summed E-state index contributed by atoms with van der Waals surface area (Å²) in [6.45, 7) is 16.7. The van der Waals surface area contributed by atoms with Gasteiger partial charge in [-0.05, 0) is 80.8 Å². The topological polar surface area (TPSA) is 62.3 Å². The molecule has 3 heterocycles.